The molecule has 1 aromatic carbocycles. The van der Waals surface area contributed by atoms with Crippen LogP contribution < -0.4 is 0 Å². The van der Waals surface area contributed by atoms with Gasteiger partial charge in [0, 0.05) is 44.7 Å². The number of aliphatic carboxylic acids is 1. The van der Waals surface area contributed by atoms with Gasteiger partial charge in [0.15, 0.2) is 0 Å². The van der Waals surface area contributed by atoms with Gasteiger partial charge in [-0.3, -0.25) is 19.2 Å². The Kier molecular flexibility index (Phi) is 5.03. The summed E-state index contributed by atoms with van der Waals surface area (Å²) in [5, 5.41) is 14.4. The molecule has 0 saturated carbocycles. The summed E-state index contributed by atoms with van der Waals surface area (Å²) in [5.74, 6) is -0.706. The van der Waals surface area contributed by atoms with Gasteiger partial charge < -0.3 is 10.0 Å². The molecule has 25 heavy (non-hydrogen) atoms. The molecule has 1 amide bonds. The summed E-state index contributed by atoms with van der Waals surface area (Å²) in [4.78, 5) is 27.5. The van der Waals surface area contributed by atoms with E-state index in [-0.39, 0.29) is 18.4 Å². The second kappa shape index (κ2) is 7.23. The highest BCUT2D eigenvalue weighted by Crippen LogP contribution is 2.19. The molecule has 0 bridgehead atoms. The number of hydrogen-bond donors (Lipinski definition) is 1. The molecule has 1 aliphatic heterocycles. The maximum Gasteiger partial charge on any atom is 0.304 e. The predicted octanol–water partition coefficient (Wildman–Crippen LogP) is 1.12. The van der Waals surface area contributed by atoms with Crippen molar-refractivity contribution in [1.82, 2.24) is 19.6 Å². The van der Waals surface area contributed by atoms with Crippen LogP contribution in [0.4, 0.5) is 0 Å². The average molecular weight is 344 g/mol. The van der Waals surface area contributed by atoms with Crippen LogP contribution in [0.2, 0.25) is 0 Å². The van der Waals surface area contributed by atoms with E-state index >= 15 is 0 Å². The number of carboxylic acid groups (broad SMARTS) is 1. The SMILES string of the molecule is CC(CC(=O)O)N1CCN(C(=O)Cc2nn(C)c3ccccc23)CC1. The zero-order valence-electron chi connectivity index (χ0n) is 14.7. The van der Waals surface area contributed by atoms with Gasteiger partial charge in [0.25, 0.3) is 0 Å². The Morgan fingerprint density at radius 2 is 1.88 bits per heavy atom. The van der Waals surface area contributed by atoms with Gasteiger partial charge in [-0.05, 0) is 13.0 Å². The van der Waals surface area contributed by atoms with Crippen LogP contribution >= 0.6 is 0 Å². The predicted molar refractivity (Wildman–Crippen MR) is 94.3 cm³/mol. The molecule has 1 aliphatic rings. The molecule has 1 N–H and O–H groups in total. The Labute approximate surface area is 146 Å². The van der Waals surface area contributed by atoms with Gasteiger partial charge in [-0.2, -0.15) is 5.10 Å². The van der Waals surface area contributed by atoms with Crippen LogP contribution in [0.1, 0.15) is 19.0 Å². The number of aromatic nitrogens is 2. The highest BCUT2D eigenvalue weighted by molar-refractivity contribution is 5.87. The fraction of sp³-hybridized carbons (Fsp3) is 0.500. The first-order chi connectivity index (χ1) is 12.0. The minimum absolute atomic E-state index is 0.00511. The number of carbonyl (C=O) groups excluding carboxylic acids is 1. The Hall–Kier alpha value is -2.41. The summed E-state index contributed by atoms with van der Waals surface area (Å²) in [6.45, 7) is 4.61. The second-order valence-electron chi connectivity index (χ2n) is 6.63. The molecule has 3 rings (SSSR count). The molecular formula is C18H24N4O3. The van der Waals surface area contributed by atoms with Crippen molar-refractivity contribution in [3.63, 3.8) is 0 Å². The fourth-order valence-electron chi connectivity index (χ4n) is 3.47. The lowest BCUT2D eigenvalue weighted by atomic mass is 10.1. The summed E-state index contributed by atoms with van der Waals surface area (Å²) in [6, 6.07) is 7.91. The molecule has 0 spiro atoms. The molecule has 1 saturated heterocycles. The summed E-state index contributed by atoms with van der Waals surface area (Å²) in [5.41, 5.74) is 1.84. The van der Waals surface area contributed by atoms with Gasteiger partial charge in [-0.25, -0.2) is 0 Å². The monoisotopic (exact) mass is 344 g/mol. The lowest BCUT2D eigenvalue weighted by Crippen LogP contribution is -2.52. The second-order valence-corrected chi connectivity index (χ2v) is 6.63. The molecule has 1 atom stereocenters. The third-order valence-electron chi connectivity index (χ3n) is 4.91. The molecule has 134 valence electrons. The molecule has 1 unspecified atom stereocenters. The largest absolute Gasteiger partial charge is 0.481 e. The van der Waals surface area contributed by atoms with Crippen molar-refractivity contribution >= 4 is 22.8 Å². The minimum atomic E-state index is -0.784. The Balaban J connectivity index is 1.60. The highest BCUT2D eigenvalue weighted by atomic mass is 16.4. The van der Waals surface area contributed by atoms with Crippen LogP contribution in [-0.4, -0.2) is 68.8 Å². The standard InChI is InChI=1S/C18H24N4O3/c1-13(11-18(24)25)21-7-9-22(10-8-21)17(23)12-15-14-5-3-4-6-16(14)20(2)19-15/h3-6,13H,7-12H2,1-2H3,(H,24,25). The highest BCUT2D eigenvalue weighted by Gasteiger charge is 2.26. The van der Waals surface area contributed by atoms with Crippen LogP contribution in [0.5, 0.6) is 0 Å². The summed E-state index contributed by atoms with van der Waals surface area (Å²) in [7, 11) is 1.89. The van der Waals surface area contributed by atoms with Crippen molar-refractivity contribution in [3.05, 3.63) is 30.0 Å². The van der Waals surface area contributed by atoms with Gasteiger partial charge >= 0.3 is 5.97 Å². The van der Waals surface area contributed by atoms with E-state index in [0.717, 1.165) is 16.6 Å². The van der Waals surface area contributed by atoms with Crippen molar-refractivity contribution in [2.75, 3.05) is 26.2 Å². The molecule has 1 fully saturated rings. The van der Waals surface area contributed by atoms with Gasteiger partial charge in [0.05, 0.1) is 24.1 Å². The van der Waals surface area contributed by atoms with Crippen molar-refractivity contribution in [2.24, 2.45) is 7.05 Å². The third kappa shape index (κ3) is 3.82. The first kappa shape index (κ1) is 17.4. The van der Waals surface area contributed by atoms with Gasteiger partial charge in [-0.1, -0.05) is 18.2 Å². The lowest BCUT2D eigenvalue weighted by molar-refractivity contribution is -0.139. The van der Waals surface area contributed by atoms with Crippen molar-refractivity contribution in [1.29, 1.82) is 0 Å². The number of amides is 1. The normalized spacial score (nSPS) is 17.0. The Morgan fingerprint density at radius 3 is 2.56 bits per heavy atom. The van der Waals surface area contributed by atoms with Crippen molar-refractivity contribution < 1.29 is 14.7 Å². The number of carboxylic acids is 1. The van der Waals surface area contributed by atoms with Gasteiger partial charge in [0.2, 0.25) is 5.91 Å². The maximum atomic E-state index is 12.6. The lowest BCUT2D eigenvalue weighted by Gasteiger charge is -2.37. The van der Waals surface area contributed by atoms with Crippen LogP contribution in [-0.2, 0) is 23.1 Å². The Bertz CT molecular complexity index is 778. The van der Waals surface area contributed by atoms with Crippen LogP contribution in [0.15, 0.2) is 24.3 Å². The zero-order chi connectivity index (χ0) is 18.0. The molecule has 2 heterocycles. The number of fused-ring (bicyclic) bond motifs is 1. The topological polar surface area (TPSA) is 78.7 Å². The third-order valence-corrected chi connectivity index (χ3v) is 4.91. The number of nitrogens with zero attached hydrogens (tertiary/aromatic N) is 4. The van der Waals surface area contributed by atoms with Crippen molar-refractivity contribution in [3.8, 4) is 0 Å². The van der Waals surface area contributed by atoms with E-state index in [0.29, 0.717) is 32.6 Å². The summed E-state index contributed by atoms with van der Waals surface area (Å²) >= 11 is 0. The molecular weight excluding hydrogens is 320 g/mol. The molecule has 2 aromatic rings. The van der Waals surface area contributed by atoms with E-state index in [9.17, 15) is 9.59 Å². The number of carbonyl (C=O) groups is 2. The van der Waals surface area contributed by atoms with E-state index < -0.39 is 5.97 Å². The zero-order valence-corrected chi connectivity index (χ0v) is 14.7. The average Bonchev–Trinajstić information content (AvgIpc) is 2.91. The Morgan fingerprint density at radius 1 is 1.20 bits per heavy atom. The fourth-order valence-corrected chi connectivity index (χ4v) is 3.47. The molecule has 0 aliphatic carbocycles. The first-order valence-electron chi connectivity index (χ1n) is 8.60. The number of rotatable bonds is 5. The summed E-state index contributed by atoms with van der Waals surface area (Å²) in [6.07, 6.45) is 0.430. The van der Waals surface area contributed by atoms with E-state index in [1.807, 2.05) is 47.8 Å². The molecule has 0 radical (unpaired) electrons. The number of piperazine rings is 1. The van der Waals surface area contributed by atoms with E-state index in [1.165, 1.54) is 0 Å². The molecule has 1 aromatic heterocycles. The quantitative estimate of drug-likeness (QED) is 0.879. The number of para-hydroxylation sites is 1. The number of aryl methyl sites for hydroxylation is 1. The van der Waals surface area contributed by atoms with Gasteiger partial charge in [0.1, 0.15) is 0 Å². The number of hydrogen-bond acceptors (Lipinski definition) is 4. The first-order valence-corrected chi connectivity index (χ1v) is 8.60. The van der Waals surface area contributed by atoms with Crippen LogP contribution in [0, 0.1) is 0 Å². The van der Waals surface area contributed by atoms with Crippen molar-refractivity contribution in [2.45, 2.75) is 25.8 Å². The molecule has 7 heteroatoms. The summed E-state index contributed by atoms with van der Waals surface area (Å²) < 4.78 is 1.81. The van der Waals surface area contributed by atoms with Gasteiger partial charge in [-0.15, -0.1) is 0 Å². The maximum absolute atomic E-state index is 12.6. The van der Waals surface area contributed by atoms with E-state index in [2.05, 4.69) is 10.00 Å². The smallest absolute Gasteiger partial charge is 0.304 e. The minimum Gasteiger partial charge on any atom is -0.481 e. The molecule has 7 nitrogen and oxygen atoms in total. The van der Waals surface area contributed by atoms with E-state index in [1.54, 1.807) is 0 Å². The van der Waals surface area contributed by atoms with Crippen LogP contribution in [0.25, 0.3) is 10.9 Å². The van der Waals surface area contributed by atoms with Crippen LogP contribution in [0.3, 0.4) is 0 Å². The van der Waals surface area contributed by atoms with E-state index in [4.69, 9.17) is 5.11 Å². The number of benzene rings is 1.